The van der Waals surface area contributed by atoms with Crippen molar-refractivity contribution in [2.24, 2.45) is 5.73 Å². The van der Waals surface area contributed by atoms with Crippen LogP contribution in [0.3, 0.4) is 0 Å². The number of hydrogen-bond acceptors (Lipinski definition) is 11. The Hall–Kier alpha value is -3.38. The molecule has 2 aliphatic rings. The van der Waals surface area contributed by atoms with Crippen LogP contribution >= 0.6 is 11.8 Å². The van der Waals surface area contributed by atoms with Crippen molar-refractivity contribution in [2.75, 3.05) is 12.4 Å². The van der Waals surface area contributed by atoms with E-state index in [9.17, 15) is 24.0 Å². The molecule has 1 saturated heterocycles. The molecule has 0 radical (unpaired) electrons. The Bertz CT molecular complexity index is 1120. The summed E-state index contributed by atoms with van der Waals surface area (Å²) in [5, 5.41) is -0.399. The summed E-state index contributed by atoms with van der Waals surface area (Å²) >= 11 is 1.35. The largest absolute Gasteiger partial charge is 0.457 e. The fraction of sp³-hybridized carbons (Fsp3) is 0.435. The first-order valence-electron chi connectivity index (χ1n) is 10.6. The number of hydrogen-bond donors (Lipinski definition) is 1. The molecule has 0 aliphatic carbocycles. The number of carbonyl (C=O) groups is 5. The molecular weight excluding hydrogens is 480 g/mol. The highest BCUT2D eigenvalue weighted by atomic mass is 32.2. The van der Waals surface area contributed by atoms with Gasteiger partial charge in [0.2, 0.25) is 5.91 Å². The van der Waals surface area contributed by atoms with Crippen LogP contribution in [0.4, 0.5) is 0 Å². The highest BCUT2D eigenvalue weighted by Gasteiger charge is 2.52. The number of nitrogens with two attached hydrogens (primary N) is 1. The summed E-state index contributed by atoms with van der Waals surface area (Å²) in [6, 6.07) is 3.11. The van der Waals surface area contributed by atoms with Gasteiger partial charge in [0, 0.05) is 25.2 Å². The molecule has 0 aromatic heterocycles. The van der Waals surface area contributed by atoms with Crippen LogP contribution < -0.4 is 15.2 Å². The standard InChI is InChI=1S/C23H26N2O9S/c1-11(26)32-15-7-6-13(8-16(15)33-12(2)27)21(29)31-9-14-10-35-20-17(24)19(28)25(20)18(14)22(30)34-23(3,4)5/h6-8,17,20H,9-10,24H2,1-5H3/t17-,20-/m1/s1. The quantitative estimate of drug-likeness (QED) is 0.340. The van der Waals surface area contributed by atoms with E-state index in [1.54, 1.807) is 20.8 Å². The van der Waals surface area contributed by atoms with Gasteiger partial charge in [-0.1, -0.05) is 0 Å². The summed E-state index contributed by atoms with van der Waals surface area (Å²) in [7, 11) is 0. The second-order valence-electron chi connectivity index (χ2n) is 8.81. The first-order chi connectivity index (χ1) is 16.3. The number of carbonyl (C=O) groups excluding carboxylic acids is 5. The average molecular weight is 507 g/mol. The van der Waals surface area contributed by atoms with Crippen LogP contribution in [0.5, 0.6) is 11.5 Å². The molecule has 3 rings (SSSR count). The van der Waals surface area contributed by atoms with Crippen molar-refractivity contribution in [1.29, 1.82) is 0 Å². The topological polar surface area (TPSA) is 152 Å². The molecule has 12 heteroatoms. The SMILES string of the molecule is CC(=O)Oc1ccc(C(=O)OCC2=C(C(=O)OC(C)(C)C)N3C(=O)[C@@H](N)[C@H]3SC2)cc1OC(C)=O. The lowest BCUT2D eigenvalue weighted by Gasteiger charge is -2.48. The van der Waals surface area contributed by atoms with Gasteiger partial charge in [-0.05, 0) is 39.0 Å². The summed E-state index contributed by atoms with van der Waals surface area (Å²) < 4.78 is 20.9. The predicted molar refractivity (Wildman–Crippen MR) is 123 cm³/mol. The molecule has 11 nitrogen and oxygen atoms in total. The van der Waals surface area contributed by atoms with Crippen LogP contribution in [0.15, 0.2) is 29.5 Å². The lowest BCUT2D eigenvalue weighted by atomic mass is 10.0. The maximum atomic E-state index is 12.9. The fourth-order valence-corrected chi connectivity index (χ4v) is 4.62. The third kappa shape index (κ3) is 6.01. The molecule has 2 heterocycles. The van der Waals surface area contributed by atoms with Crippen LogP contribution in [0, 0.1) is 0 Å². The fourth-order valence-electron chi connectivity index (χ4n) is 3.35. The van der Waals surface area contributed by atoms with E-state index >= 15 is 0 Å². The number of β-lactam (4-membered cyclic amide) rings is 1. The number of benzene rings is 1. The molecule has 1 aromatic rings. The van der Waals surface area contributed by atoms with Gasteiger partial charge >= 0.3 is 23.9 Å². The van der Waals surface area contributed by atoms with Gasteiger partial charge < -0.3 is 24.7 Å². The molecule has 1 amide bonds. The van der Waals surface area contributed by atoms with E-state index in [1.807, 2.05) is 0 Å². The third-order valence-corrected chi connectivity index (χ3v) is 6.11. The van der Waals surface area contributed by atoms with Crippen LogP contribution in [0.2, 0.25) is 0 Å². The molecule has 2 atom stereocenters. The molecule has 0 bridgehead atoms. The number of rotatable bonds is 6. The van der Waals surface area contributed by atoms with E-state index < -0.39 is 46.8 Å². The molecule has 0 spiro atoms. The van der Waals surface area contributed by atoms with Crippen molar-refractivity contribution in [2.45, 2.75) is 51.6 Å². The van der Waals surface area contributed by atoms with E-state index in [0.717, 1.165) is 6.92 Å². The Balaban J connectivity index is 1.83. The van der Waals surface area contributed by atoms with Gasteiger partial charge in [-0.3, -0.25) is 19.3 Å². The van der Waals surface area contributed by atoms with Crippen molar-refractivity contribution in [3.05, 3.63) is 35.0 Å². The van der Waals surface area contributed by atoms with Crippen LogP contribution in [0.25, 0.3) is 0 Å². The van der Waals surface area contributed by atoms with Crippen molar-refractivity contribution in [3.8, 4) is 11.5 Å². The molecule has 1 aromatic carbocycles. The Labute approximate surface area is 205 Å². The zero-order valence-electron chi connectivity index (χ0n) is 19.9. The molecule has 0 unspecified atom stereocenters. The molecule has 0 saturated carbocycles. The van der Waals surface area contributed by atoms with Crippen LogP contribution in [0.1, 0.15) is 45.0 Å². The molecule has 2 N–H and O–H groups in total. The number of nitrogens with zero attached hydrogens (tertiary/aromatic N) is 1. The first kappa shape index (κ1) is 26.2. The number of amides is 1. The smallest absolute Gasteiger partial charge is 0.355 e. The number of ether oxygens (including phenoxy) is 4. The van der Waals surface area contributed by atoms with Crippen molar-refractivity contribution >= 4 is 41.5 Å². The van der Waals surface area contributed by atoms with Gasteiger partial charge in [0.1, 0.15) is 29.3 Å². The van der Waals surface area contributed by atoms with E-state index in [2.05, 4.69) is 0 Å². The minimum Gasteiger partial charge on any atom is -0.457 e. The minimum absolute atomic E-state index is 0.0139. The Morgan fingerprint density at radius 2 is 1.69 bits per heavy atom. The van der Waals surface area contributed by atoms with Crippen molar-refractivity contribution in [1.82, 2.24) is 4.90 Å². The maximum absolute atomic E-state index is 12.9. The van der Waals surface area contributed by atoms with E-state index in [1.165, 1.54) is 41.8 Å². The summed E-state index contributed by atoms with van der Waals surface area (Å²) in [5.74, 6) is -3.10. The second-order valence-corrected chi connectivity index (χ2v) is 9.92. The third-order valence-electron chi connectivity index (χ3n) is 4.74. The molecule has 35 heavy (non-hydrogen) atoms. The molecular formula is C23H26N2O9S. The number of fused-ring (bicyclic) bond motifs is 1. The van der Waals surface area contributed by atoms with Crippen LogP contribution in [-0.2, 0) is 28.7 Å². The Morgan fingerprint density at radius 1 is 1.06 bits per heavy atom. The van der Waals surface area contributed by atoms with Gasteiger partial charge in [0.05, 0.1) is 5.56 Å². The van der Waals surface area contributed by atoms with Crippen molar-refractivity contribution < 1.29 is 42.9 Å². The Kier molecular flexibility index (Phi) is 7.56. The molecule has 2 aliphatic heterocycles. The Morgan fingerprint density at radius 3 is 2.29 bits per heavy atom. The highest BCUT2D eigenvalue weighted by Crippen LogP contribution is 2.40. The van der Waals surface area contributed by atoms with E-state index in [-0.39, 0.29) is 29.4 Å². The summed E-state index contributed by atoms with van der Waals surface area (Å²) in [4.78, 5) is 62.0. The zero-order valence-corrected chi connectivity index (χ0v) is 20.7. The summed E-state index contributed by atoms with van der Waals surface area (Å²) in [5.41, 5.74) is 5.49. The first-order valence-corrected chi connectivity index (χ1v) is 11.7. The van der Waals surface area contributed by atoms with Gasteiger partial charge in [0.15, 0.2) is 11.5 Å². The van der Waals surface area contributed by atoms with Gasteiger partial charge in [0.25, 0.3) is 0 Å². The predicted octanol–water partition coefficient (Wildman–Crippen LogP) is 1.53. The van der Waals surface area contributed by atoms with Gasteiger partial charge in [-0.25, -0.2) is 9.59 Å². The number of thioether (sulfide) groups is 1. The van der Waals surface area contributed by atoms with E-state index in [0.29, 0.717) is 11.3 Å². The molecule has 188 valence electrons. The average Bonchev–Trinajstić information content (AvgIpc) is 2.75. The highest BCUT2D eigenvalue weighted by molar-refractivity contribution is 8.00. The second kappa shape index (κ2) is 10.1. The van der Waals surface area contributed by atoms with Crippen molar-refractivity contribution in [3.63, 3.8) is 0 Å². The zero-order chi connectivity index (χ0) is 26.1. The minimum atomic E-state index is -0.807. The van der Waals surface area contributed by atoms with Gasteiger partial charge in [-0.2, -0.15) is 0 Å². The van der Waals surface area contributed by atoms with E-state index in [4.69, 9.17) is 24.7 Å². The lowest BCUT2D eigenvalue weighted by molar-refractivity contribution is -0.158. The molecule has 1 fully saturated rings. The maximum Gasteiger partial charge on any atom is 0.355 e. The summed E-state index contributed by atoms with van der Waals surface area (Å²) in [6.45, 7) is 7.14. The number of esters is 4. The normalized spacial score (nSPS) is 19.4. The monoisotopic (exact) mass is 506 g/mol. The van der Waals surface area contributed by atoms with Gasteiger partial charge in [-0.15, -0.1) is 11.8 Å². The lowest BCUT2D eigenvalue weighted by Crippen LogP contribution is -2.68. The summed E-state index contributed by atoms with van der Waals surface area (Å²) in [6.07, 6.45) is 0. The van der Waals surface area contributed by atoms with Crippen LogP contribution in [-0.4, -0.2) is 64.1 Å².